The van der Waals surface area contributed by atoms with Crippen LogP contribution in [0, 0.1) is 0 Å². The number of anilines is 1. The van der Waals surface area contributed by atoms with Gasteiger partial charge in [0.2, 0.25) is 6.41 Å². The van der Waals surface area contributed by atoms with Gasteiger partial charge in [0.25, 0.3) is 0 Å². The normalized spacial score (nSPS) is 11.4. The number of oxime groups is 1. The van der Waals surface area contributed by atoms with Crippen molar-refractivity contribution in [2.75, 3.05) is 19.1 Å². The van der Waals surface area contributed by atoms with Crippen molar-refractivity contribution in [1.29, 1.82) is 0 Å². The molecule has 0 saturated heterocycles. The van der Waals surface area contributed by atoms with Crippen LogP contribution < -0.4 is 10.6 Å². The third kappa shape index (κ3) is 2.16. The Morgan fingerprint density at radius 3 is 2.88 bits per heavy atom. The van der Waals surface area contributed by atoms with Gasteiger partial charge in [0.15, 0.2) is 16.3 Å². The minimum Gasteiger partial charge on any atom is -0.397 e. The van der Waals surface area contributed by atoms with Crippen LogP contribution in [0.25, 0.3) is 0 Å². The van der Waals surface area contributed by atoms with Crippen LogP contribution in [0.15, 0.2) is 9.89 Å². The molecule has 1 rings (SSSR count). The first-order valence-corrected chi connectivity index (χ1v) is 5.09. The molecular weight excluding hydrogens is 278 g/mol. The topological polar surface area (TPSA) is 85.7 Å². The highest BCUT2D eigenvalue weighted by atomic mass is 79.9. The summed E-state index contributed by atoms with van der Waals surface area (Å²) in [6.07, 6.45) is 0.660. The number of rotatable bonds is 4. The number of hydrogen-bond donors (Lipinski definition) is 1. The fourth-order valence-electron chi connectivity index (χ4n) is 1.23. The van der Waals surface area contributed by atoms with Crippen LogP contribution in [-0.4, -0.2) is 36.0 Å². The van der Waals surface area contributed by atoms with Gasteiger partial charge in [-0.1, -0.05) is 5.16 Å². The van der Waals surface area contributed by atoms with Crippen LogP contribution in [0.2, 0.25) is 0 Å². The lowest BCUT2D eigenvalue weighted by Gasteiger charge is -2.12. The first-order chi connectivity index (χ1) is 7.52. The Morgan fingerprint density at radius 2 is 2.38 bits per heavy atom. The third-order valence-electron chi connectivity index (χ3n) is 1.93. The molecule has 1 aromatic rings. The summed E-state index contributed by atoms with van der Waals surface area (Å²) in [7, 11) is 4.73. The van der Waals surface area contributed by atoms with Crippen molar-refractivity contribution in [3.63, 3.8) is 0 Å². The lowest BCUT2D eigenvalue weighted by atomic mass is 10.4. The van der Waals surface area contributed by atoms with Crippen LogP contribution in [0.5, 0.6) is 0 Å². The molecule has 7 nitrogen and oxygen atoms in total. The molecule has 0 spiro atoms. The van der Waals surface area contributed by atoms with Gasteiger partial charge in [-0.3, -0.25) is 4.79 Å². The Labute approximate surface area is 101 Å². The van der Waals surface area contributed by atoms with Gasteiger partial charge in [0, 0.05) is 14.1 Å². The summed E-state index contributed by atoms with van der Waals surface area (Å²) in [5.41, 5.74) is 6.05. The number of aromatic nitrogens is 2. The first-order valence-electron chi connectivity index (χ1n) is 4.30. The number of carbonyl (C=O) groups is 1. The van der Waals surface area contributed by atoms with Crippen LogP contribution >= 0.6 is 15.9 Å². The van der Waals surface area contributed by atoms with Crippen LogP contribution in [0.1, 0.15) is 5.69 Å². The highest BCUT2D eigenvalue weighted by molar-refractivity contribution is 9.10. The van der Waals surface area contributed by atoms with Crippen molar-refractivity contribution >= 4 is 34.0 Å². The highest BCUT2D eigenvalue weighted by Crippen LogP contribution is 2.22. The number of amidine groups is 1. The number of imidazole rings is 1. The largest absolute Gasteiger partial charge is 0.397 e. The number of nitrogens with two attached hydrogens (primary N) is 1. The molecule has 8 heteroatoms. The van der Waals surface area contributed by atoms with E-state index in [9.17, 15) is 4.79 Å². The monoisotopic (exact) mass is 289 g/mol. The molecule has 0 aliphatic heterocycles. The lowest BCUT2D eigenvalue weighted by Crippen LogP contribution is -2.23. The molecule has 0 bridgehead atoms. The zero-order valence-corrected chi connectivity index (χ0v) is 10.7. The zero-order valence-electron chi connectivity index (χ0n) is 9.14. The second kappa shape index (κ2) is 4.97. The van der Waals surface area contributed by atoms with E-state index in [4.69, 9.17) is 5.73 Å². The quantitative estimate of drug-likeness (QED) is 0.367. The molecule has 1 aromatic heterocycles. The number of amides is 1. The van der Waals surface area contributed by atoms with Crippen molar-refractivity contribution < 1.29 is 9.63 Å². The van der Waals surface area contributed by atoms with Gasteiger partial charge in [-0.2, -0.15) is 0 Å². The van der Waals surface area contributed by atoms with Crippen molar-refractivity contribution in [3.8, 4) is 0 Å². The molecule has 0 aliphatic rings. The minimum absolute atomic E-state index is 0.104. The zero-order chi connectivity index (χ0) is 12.3. The molecule has 0 atom stereocenters. The van der Waals surface area contributed by atoms with Gasteiger partial charge in [-0.25, -0.2) is 4.98 Å². The van der Waals surface area contributed by atoms with Gasteiger partial charge >= 0.3 is 0 Å². The Bertz CT molecular complexity index is 428. The molecule has 1 heterocycles. The number of nitrogens with zero attached hydrogens (tertiary/aromatic N) is 4. The van der Waals surface area contributed by atoms with Crippen LogP contribution in [0.4, 0.5) is 5.82 Å². The van der Waals surface area contributed by atoms with Crippen molar-refractivity contribution in [2.45, 2.75) is 0 Å². The van der Waals surface area contributed by atoms with E-state index >= 15 is 0 Å². The van der Waals surface area contributed by atoms with E-state index in [1.807, 2.05) is 0 Å². The molecule has 1 amide bonds. The first kappa shape index (κ1) is 12.5. The Hall–Kier alpha value is -1.57. The third-order valence-corrected chi connectivity index (χ3v) is 2.64. The number of carbonyl (C=O) groups excluding carboxylic acids is 1. The van der Waals surface area contributed by atoms with Gasteiger partial charge in [-0.05, 0) is 15.9 Å². The van der Waals surface area contributed by atoms with Crippen LogP contribution in [0.3, 0.4) is 0 Å². The Balaban J connectivity index is 3.34. The van der Waals surface area contributed by atoms with Crippen molar-refractivity contribution in [1.82, 2.24) is 9.55 Å². The van der Waals surface area contributed by atoms with E-state index in [-0.39, 0.29) is 5.84 Å². The van der Waals surface area contributed by atoms with Gasteiger partial charge in [-0.15, -0.1) is 0 Å². The molecule has 2 N–H and O–H groups in total. The highest BCUT2D eigenvalue weighted by Gasteiger charge is 2.19. The molecule has 0 fully saturated rings. The summed E-state index contributed by atoms with van der Waals surface area (Å²) in [6, 6.07) is 0. The van der Waals surface area contributed by atoms with Crippen molar-refractivity contribution in [2.24, 2.45) is 17.9 Å². The van der Waals surface area contributed by atoms with Gasteiger partial charge in [0.1, 0.15) is 12.9 Å². The second-order valence-corrected chi connectivity index (χ2v) is 3.70. The van der Waals surface area contributed by atoms with E-state index in [2.05, 4.69) is 30.9 Å². The predicted molar refractivity (Wildman–Crippen MR) is 63.1 cm³/mol. The molecule has 88 valence electrons. The van der Waals surface area contributed by atoms with E-state index in [0.717, 1.165) is 0 Å². The smallest absolute Gasteiger partial charge is 0.215 e. The van der Waals surface area contributed by atoms with Gasteiger partial charge < -0.3 is 20.0 Å². The molecule has 0 radical (unpaired) electrons. The Kier molecular flexibility index (Phi) is 3.88. The van der Waals surface area contributed by atoms with Crippen LogP contribution in [-0.2, 0) is 16.7 Å². The fourth-order valence-corrected chi connectivity index (χ4v) is 1.58. The Morgan fingerprint density at radius 1 is 1.75 bits per heavy atom. The summed E-state index contributed by atoms with van der Waals surface area (Å²) < 4.78 is 2.21. The summed E-state index contributed by atoms with van der Waals surface area (Å²) in [5.74, 6) is 0.632. The minimum atomic E-state index is 0.104. The maximum absolute atomic E-state index is 10.8. The summed E-state index contributed by atoms with van der Waals surface area (Å²) in [4.78, 5) is 20.8. The van der Waals surface area contributed by atoms with E-state index in [1.165, 1.54) is 12.0 Å². The summed E-state index contributed by atoms with van der Waals surface area (Å²) >= 11 is 3.24. The maximum Gasteiger partial charge on any atom is 0.215 e. The van der Waals surface area contributed by atoms with Gasteiger partial charge in [0.05, 0.1) is 0 Å². The summed E-state index contributed by atoms with van der Waals surface area (Å²) in [5, 5.41) is 3.58. The number of halogens is 1. The van der Waals surface area contributed by atoms with Crippen molar-refractivity contribution in [3.05, 3.63) is 10.4 Å². The standard InChI is InChI=1S/C8H12BrN5O2/c1-13(4-15)7-5(6(10)12-16-3)11-8(9)14(7)2/h4H,1-3H3,(H2,10,12). The predicted octanol–water partition coefficient (Wildman–Crippen LogP) is 0.0419. The molecule has 0 aromatic carbocycles. The lowest BCUT2D eigenvalue weighted by molar-refractivity contribution is -0.107. The van der Waals surface area contributed by atoms with E-state index in [1.54, 1.807) is 18.7 Å². The average Bonchev–Trinajstić information content (AvgIpc) is 2.55. The molecule has 0 saturated carbocycles. The fraction of sp³-hybridized carbons (Fsp3) is 0.375. The van der Waals surface area contributed by atoms with E-state index in [0.29, 0.717) is 22.7 Å². The second-order valence-electron chi connectivity index (χ2n) is 2.99. The SMILES string of the molecule is CO/N=C(/N)c1nc(Br)n(C)c1N(C)C=O. The summed E-state index contributed by atoms with van der Waals surface area (Å²) in [6.45, 7) is 0. The maximum atomic E-state index is 10.8. The molecular formula is C8H12BrN5O2. The number of hydrogen-bond acceptors (Lipinski definition) is 4. The van der Waals surface area contributed by atoms with E-state index < -0.39 is 0 Å². The molecule has 0 aliphatic carbocycles. The molecule has 16 heavy (non-hydrogen) atoms. The molecule has 0 unspecified atom stereocenters. The average molecular weight is 290 g/mol.